The molecule has 1 rings (SSSR count). The van der Waals surface area contributed by atoms with Crippen molar-refractivity contribution in [3.63, 3.8) is 0 Å². The van der Waals surface area contributed by atoms with E-state index in [4.69, 9.17) is 5.73 Å². The molecule has 0 bridgehead atoms. The molecule has 0 aromatic heterocycles. The lowest BCUT2D eigenvalue weighted by Crippen LogP contribution is -1.90. The Morgan fingerprint density at radius 1 is 1.27 bits per heavy atom. The molecule has 0 heterocycles. The molecule has 1 nitrogen and oxygen atoms in total. The van der Waals surface area contributed by atoms with Crippen LogP contribution in [0.2, 0.25) is 0 Å². The Morgan fingerprint density at radius 2 is 1.93 bits per heavy atom. The molecule has 0 aliphatic carbocycles. The highest BCUT2D eigenvalue weighted by atomic mass is 14.5. The Kier molecular flexibility index (Phi) is 3.92. The second-order valence-corrected chi connectivity index (χ2v) is 3.62. The summed E-state index contributed by atoms with van der Waals surface area (Å²) in [6.45, 7) is 7.86. The topological polar surface area (TPSA) is 26.0 Å². The van der Waals surface area contributed by atoms with Gasteiger partial charge in [-0.25, -0.2) is 0 Å². The Labute approximate surface area is 91.6 Å². The Morgan fingerprint density at radius 3 is 2.47 bits per heavy atom. The zero-order valence-corrected chi connectivity index (χ0v) is 9.33. The van der Waals surface area contributed by atoms with Crippen molar-refractivity contribution in [3.8, 4) is 0 Å². The van der Waals surface area contributed by atoms with Gasteiger partial charge in [-0.3, -0.25) is 0 Å². The number of rotatable bonds is 3. The Hall–Kier alpha value is -1.76. The van der Waals surface area contributed by atoms with E-state index < -0.39 is 0 Å². The van der Waals surface area contributed by atoms with E-state index in [0.29, 0.717) is 0 Å². The number of allylic oxidation sites excluding steroid dienone is 4. The molecule has 0 atom stereocenters. The van der Waals surface area contributed by atoms with E-state index in [1.54, 1.807) is 6.20 Å². The third kappa shape index (κ3) is 3.13. The quantitative estimate of drug-likeness (QED) is 0.741. The van der Waals surface area contributed by atoms with E-state index in [1.165, 1.54) is 5.56 Å². The van der Waals surface area contributed by atoms with Gasteiger partial charge in [-0.05, 0) is 30.5 Å². The van der Waals surface area contributed by atoms with Crippen LogP contribution in [0, 0.1) is 6.92 Å². The smallest absolute Gasteiger partial charge is 0.00176 e. The minimum atomic E-state index is 1.02. The van der Waals surface area contributed by atoms with Crippen LogP contribution in [0.3, 0.4) is 0 Å². The monoisotopic (exact) mass is 199 g/mol. The molecule has 0 spiro atoms. The summed E-state index contributed by atoms with van der Waals surface area (Å²) in [7, 11) is 0. The second-order valence-electron chi connectivity index (χ2n) is 3.62. The lowest BCUT2D eigenvalue weighted by Gasteiger charge is -2.05. The van der Waals surface area contributed by atoms with Crippen molar-refractivity contribution in [2.24, 2.45) is 5.73 Å². The second kappa shape index (κ2) is 5.20. The number of aryl methyl sites for hydroxylation is 1. The van der Waals surface area contributed by atoms with Crippen LogP contribution >= 0.6 is 0 Å². The fraction of sp³-hybridized carbons (Fsp3) is 0.143. The fourth-order valence-corrected chi connectivity index (χ4v) is 1.36. The Balaban J connectivity index is 3.05. The molecule has 0 saturated heterocycles. The largest absolute Gasteiger partial charge is 0.404 e. The number of hydrogen-bond acceptors (Lipinski definition) is 1. The fourth-order valence-electron chi connectivity index (χ4n) is 1.36. The maximum atomic E-state index is 5.62. The summed E-state index contributed by atoms with van der Waals surface area (Å²) in [6.07, 6.45) is 5.58. The normalized spacial score (nSPS) is 12.0. The van der Waals surface area contributed by atoms with E-state index in [-0.39, 0.29) is 0 Å². The summed E-state index contributed by atoms with van der Waals surface area (Å²) in [5.41, 5.74) is 10.0. The van der Waals surface area contributed by atoms with Crippen LogP contribution in [0.5, 0.6) is 0 Å². The van der Waals surface area contributed by atoms with Crippen LogP contribution in [-0.2, 0) is 0 Å². The molecule has 0 amide bonds. The van der Waals surface area contributed by atoms with Gasteiger partial charge < -0.3 is 5.73 Å². The van der Waals surface area contributed by atoms with E-state index in [9.17, 15) is 0 Å². The molecule has 0 saturated carbocycles. The van der Waals surface area contributed by atoms with Crippen LogP contribution < -0.4 is 5.73 Å². The van der Waals surface area contributed by atoms with E-state index in [1.807, 2.05) is 31.2 Å². The van der Waals surface area contributed by atoms with Crippen LogP contribution in [0.15, 0.2) is 54.8 Å². The first kappa shape index (κ1) is 11.3. The maximum Gasteiger partial charge on any atom is 0.00176 e. The predicted octanol–water partition coefficient (Wildman–Crippen LogP) is 3.43. The summed E-state index contributed by atoms with van der Waals surface area (Å²) >= 11 is 0. The molecule has 78 valence electrons. The van der Waals surface area contributed by atoms with Crippen molar-refractivity contribution in [1.29, 1.82) is 0 Å². The first-order chi connectivity index (χ1) is 7.15. The lowest BCUT2D eigenvalue weighted by atomic mass is 10.0. The van der Waals surface area contributed by atoms with Gasteiger partial charge in [-0.2, -0.15) is 0 Å². The summed E-state index contributed by atoms with van der Waals surface area (Å²) in [6, 6.07) is 8.18. The van der Waals surface area contributed by atoms with Gasteiger partial charge in [0.15, 0.2) is 0 Å². The lowest BCUT2D eigenvalue weighted by molar-refractivity contribution is 1.41. The van der Waals surface area contributed by atoms with Crippen LogP contribution in [0.1, 0.15) is 18.1 Å². The summed E-state index contributed by atoms with van der Waals surface area (Å²) in [5, 5.41) is 0. The number of hydrogen-bond donors (Lipinski definition) is 1. The van der Waals surface area contributed by atoms with Gasteiger partial charge >= 0.3 is 0 Å². The minimum Gasteiger partial charge on any atom is -0.404 e. The number of nitrogens with two attached hydrogens (primary N) is 1. The molecular weight excluding hydrogens is 182 g/mol. The molecule has 1 aromatic rings. The molecule has 1 aromatic carbocycles. The van der Waals surface area contributed by atoms with Gasteiger partial charge in [0.05, 0.1) is 0 Å². The highest BCUT2D eigenvalue weighted by Crippen LogP contribution is 2.19. The first-order valence-corrected chi connectivity index (χ1v) is 4.96. The van der Waals surface area contributed by atoms with Crippen molar-refractivity contribution in [1.82, 2.24) is 0 Å². The van der Waals surface area contributed by atoms with Gasteiger partial charge in [0, 0.05) is 6.20 Å². The third-order valence-electron chi connectivity index (χ3n) is 2.18. The predicted molar refractivity (Wildman–Crippen MR) is 67.3 cm³/mol. The molecule has 0 fully saturated rings. The maximum absolute atomic E-state index is 5.62. The molecule has 15 heavy (non-hydrogen) atoms. The first-order valence-electron chi connectivity index (χ1n) is 4.96. The van der Waals surface area contributed by atoms with Crippen molar-refractivity contribution in [3.05, 3.63) is 65.9 Å². The van der Waals surface area contributed by atoms with E-state index in [2.05, 4.69) is 25.6 Å². The van der Waals surface area contributed by atoms with Gasteiger partial charge in [-0.15, -0.1) is 0 Å². The van der Waals surface area contributed by atoms with Crippen molar-refractivity contribution < 1.29 is 0 Å². The minimum absolute atomic E-state index is 1.02. The molecule has 0 aliphatic rings. The van der Waals surface area contributed by atoms with Crippen molar-refractivity contribution in [2.75, 3.05) is 0 Å². The van der Waals surface area contributed by atoms with Crippen LogP contribution in [0.25, 0.3) is 5.57 Å². The van der Waals surface area contributed by atoms with Gasteiger partial charge in [-0.1, -0.05) is 48.6 Å². The van der Waals surface area contributed by atoms with Gasteiger partial charge in [0.2, 0.25) is 0 Å². The molecule has 0 radical (unpaired) electrons. The molecule has 0 unspecified atom stereocenters. The van der Waals surface area contributed by atoms with Crippen molar-refractivity contribution >= 4 is 5.57 Å². The van der Waals surface area contributed by atoms with Gasteiger partial charge in [0.1, 0.15) is 0 Å². The summed E-state index contributed by atoms with van der Waals surface area (Å²) < 4.78 is 0. The zero-order chi connectivity index (χ0) is 11.3. The van der Waals surface area contributed by atoms with Gasteiger partial charge in [0.25, 0.3) is 0 Å². The molecular formula is C14H17N. The summed E-state index contributed by atoms with van der Waals surface area (Å²) in [4.78, 5) is 0. The molecule has 2 N–H and O–H groups in total. The summed E-state index contributed by atoms with van der Waals surface area (Å²) in [5.74, 6) is 0. The Bertz CT molecular complexity index is 411. The molecule has 1 heteroatoms. The standard InChI is InChI=1S/C14H17N/c1-11(2)8-9-13(10-15)14-7-5-4-6-12(14)3/h4-10H,1,15H2,2-3H3/b9-8-,13-10+. The van der Waals surface area contributed by atoms with E-state index in [0.717, 1.165) is 16.7 Å². The van der Waals surface area contributed by atoms with Crippen LogP contribution in [0.4, 0.5) is 0 Å². The number of benzene rings is 1. The SMILES string of the molecule is C=C(C)/C=C\C(=C/N)c1ccccc1C. The van der Waals surface area contributed by atoms with Crippen molar-refractivity contribution in [2.45, 2.75) is 13.8 Å². The third-order valence-corrected chi connectivity index (χ3v) is 2.18. The highest BCUT2D eigenvalue weighted by Gasteiger charge is 1.99. The zero-order valence-electron chi connectivity index (χ0n) is 9.33. The average molecular weight is 199 g/mol. The highest BCUT2D eigenvalue weighted by molar-refractivity contribution is 5.75. The van der Waals surface area contributed by atoms with E-state index >= 15 is 0 Å². The van der Waals surface area contributed by atoms with Crippen LogP contribution in [-0.4, -0.2) is 0 Å². The average Bonchev–Trinajstić information content (AvgIpc) is 2.21. The molecule has 0 aliphatic heterocycles.